The molecule has 1 rings (SSSR count). The van der Waals surface area contributed by atoms with Crippen molar-refractivity contribution >= 4 is 11.6 Å². The van der Waals surface area contributed by atoms with E-state index in [9.17, 15) is 4.39 Å². The lowest BCUT2D eigenvalue weighted by molar-refractivity contribution is 0.303. The van der Waals surface area contributed by atoms with Crippen LogP contribution in [0.3, 0.4) is 0 Å². The van der Waals surface area contributed by atoms with Gasteiger partial charge in [0.25, 0.3) is 0 Å². The fraction of sp³-hybridized carbons (Fsp3) is 0.571. The van der Waals surface area contributed by atoms with E-state index < -0.39 is 0 Å². The van der Waals surface area contributed by atoms with Crippen LogP contribution in [0.2, 0.25) is 5.02 Å². The summed E-state index contributed by atoms with van der Waals surface area (Å²) in [7, 11) is 2.01. The van der Waals surface area contributed by atoms with Gasteiger partial charge in [0.15, 0.2) is 0 Å². The van der Waals surface area contributed by atoms with Crippen molar-refractivity contribution in [3.05, 3.63) is 34.6 Å². The number of nitrogens with zero attached hydrogens (tertiary/aromatic N) is 1. The molecule has 1 N–H and O–H groups in total. The second-order valence-electron chi connectivity index (χ2n) is 5.63. The Labute approximate surface area is 114 Å². The van der Waals surface area contributed by atoms with Gasteiger partial charge in [-0.1, -0.05) is 23.7 Å². The molecule has 0 aliphatic heterocycles. The zero-order valence-electron chi connectivity index (χ0n) is 11.6. The molecule has 0 unspecified atom stereocenters. The van der Waals surface area contributed by atoms with Gasteiger partial charge >= 0.3 is 0 Å². The number of nitrogens with one attached hydrogen (secondary N) is 1. The molecule has 0 fully saturated rings. The summed E-state index contributed by atoms with van der Waals surface area (Å²) < 4.78 is 13.3. The van der Waals surface area contributed by atoms with E-state index in [1.165, 1.54) is 6.07 Å². The highest BCUT2D eigenvalue weighted by Gasteiger charge is 2.10. The van der Waals surface area contributed by atoms with Crippen molar-refractivity contribution in [3.8, 4) is 0 Å². The van der Waals surface area contributed by atoms with E-state index in [4.69, 9.17) is 11.6 Å². The first-order valence-electron chi connectivity index (χ1n) is 6.16. The van der Waals surface area contributed by atoms with Crippen molar-refractivity contribution in [2.45, 2.75) is 32.9 Å². The van der Waals surface area contributed by atoms with Crippen molar-refractivity contribution in [2.75, 3.05) is 20.1 Å². The van der Waals surface area contributed by atoms with Gasteiger partial charge in [0.2, 0.25) is 0 Å². The maximum absolute atomic E-state index is 13.3. The van der Waals surface area contributed by atoms with Crippen LogP contribution in [0.1, 0.15) is 26.3 Å². The molecule has 0 saturated carbocycles. The number of hydrogen-bond acceptors (Lipinski definition) is 2. The average molecular weight is 273 g/mol. The second-order valence-corrected chi connectivity index (χ2v) is 6.01. The molecule has 0 spiro atoms. The van der Waals surface area contributed by atoms with Crippen LogP contribution >= 0.6 is 11.6 Å². The van der Waals surface area contributed by atoms with Crippen LogP contribution in [0.4, 0.5) is 4.39 Å². The van der Waals surface area contributed by atoms with Gasteiger partial charge in [-0.15, -0.1) is 0 Å². The first kappa shape index (κ1) is 15.4. The van der Waals surface area contributed by atoms with E-state index in [0.29, 0.717) is 6.54 Å². The van der Waals surface area contributed by atoms with E-state index in [0.717, 1.165) is 18.7 Å². The first-order valence-corrected chi connectivity index (χ1v) is 6.54. The number of likely N-dealkylation sites (N-methyl/N-ethyl adjacent to an activating group) is 1. The highest BCUT2D eigenvalue weighted by atomic mass is 35.5. The minimum atomic E-state index is -0.351. The third-order valence-electron chi connectivity index (χ3n) is 2.62. The molecular weight excluding hydrogens is 251 g/mol. The Kier molecular flexibility index (Phi) is 5.57. The molecular formula is C14H22ClFN2. The van der Waals surface area contributed by atoms with Crippen molar-refractivity contribution in [1.29, 1.82) is 0 Å². The van der Waals surface area contributed by atoms with Gasteiger partial charge in [-0.2, -0.15) is 0 Å². The Morgan fingerprint density at radius 1 is 1.33 bits per heavy atom. The third kappa shape index (κ3) is 5.34. The van der Waals surface area contributed by atoms with Crippen molar-refractivity contribution in [2.24, 2.45) is 0 Å². The van der Waals surface area contributed by atoms with Crippen molar-refractivity contribution in [3.63, 3.8) is 0 Å². The van der Waals surface area contributed by atoms with Crippen molar-refractivity contribution in [1.82, 2.24) is 10.2 Å². The highest BCUT2D eigenvalue weighted by Crippen LogP contribution is 2.20. The molecule has 0 aliphatic carbocycles. The third-order valence-corrected chi connectivity index (χ3v) is 3.04. The molecule has 0 aromatic heterocycles. The Morgan fingerprint density at radius 3 is 2.61 bits per heavy atom. The summed E-state index contributed by atoms with van der Waals surface area (Å²) in [6.07, 6.45) is 0. The summed E-state index contributed by atoms with van der Waals surface area (Å²) >= 11 is 5.93. The average Bonchev–Trinajstić information content (AvgIpc) is 2.23. The molecule has 1 aromatic carbocycles. The van der Waals surface area contributed by atoms with Crippen molar-refractivity contribution < 1.29 is 4.39 Å². The lowest BCUT2D eigenvalue weighted by Crippen LogP contribution is -2.40. The lowest BCUT2D eigenvalue weighted by atomic mass is 10.1. The van der Waals surface area contributed by atoms with Gasteiger partial charge < -0.3 is 10.2 Å². The molecule has 0 radical (unpaired) electrons. The second kappa shape index (κ2) is 6.50. The maximum atomic E-state index is 13.3. The van der Waals surface area contributed by atoms with Crippen LogP contribution in [0.25, 0.3) is 0 Å². The van der Waals surface area contributed by atoms with E-state index in [1.54, 1.807) is 6.07 Å². The van der Waals surface area contributed by atoms with Gasteiger partial charge in [-0.25, -0.2) is 4.39 Å². The Hall–Kier alpha value is -0.640. The molecule has 102 valence electrons. The summed E-state index contributed by atoms with van der Waals surface area (Å²) in [6.45, 7) is 8.85. The zero-order valence-corrected chi connectivity index (χ0v) is 12.3. The first-order chi connectivity index (χ1) is 8.29. The molecule has 0 heterocycles. The summed E-state index contributed by atoms with van der Waals surface area (Å²) in [4.78, 5) is 2.12. The van der Waals surface area contributed by atoms with Gasteiger partial charge in [0.1, 0.15) is 5.82 Å². The minimum Gasteiger partial charge on any atom is -0.311 e. The number of halogens is 2. The van der Waals surface area contributed by atoms with Crippen LogP contribution in [0.15, 0.2) is 18.2 Å². The predicted molar refractivity (Wildman–Crippen MR) is 75.5 cm³/mol. The minimum absolute atomic E-state index is 0.122. The molecule has 0 atom stereocenters. The van der Waals surface area contributed by atoms with Gasteiger partial charge in [0.05, 0.1) is 5.02 Å². The molecule has 2 nitrogen and oxygen atoms in total. The van der Waals surface area contributed by atoms with E-state index in [-0.39, 0.29) is 16.4 Å². The van der Waals surface area contributed by atoms with E-state index >= 15 is 0 Å². The summed E-state index contributed by atoms with van der Waals surface area (Å²) in [5.74, 6) is -0.351. The lowest BCUT2D eigenvalue weighted by Gasteiger charge is -2.23. The molecule has 4 heteroatoms. The van der Waals surface area contributed by atoms with E-state index in [1.807, 2.05) is 13.1 Å². The largest absolute Gasteiger partial charge is 0.311 e. The molecule has 0 saturated heterocycles. The smallest absolute Gasteiger partial charge is 0.142 e. The van der Waals surface area contributed by atoms with Gasteiger partial charge in [-0.3, -0.25) is 0 Å². The highest BCUT2D eigenvalue weighted by molar-refractivity contribution is 6.31. The van der Waals surface area contributed by atoms with Crippen LogP contribution < -0.4 is 5.32 Å². The Balaban J connectivity index is 2.45. The SMILES string of the molecule is CN(CCNC(C)(C)C)Cc1cccc(F)c1Cl. The number of hydrogen-bond donors (Lipinski definition) is 1. The molecule has 1 aromatic rings. The molecule has 0 aliphatic rings. The number of benzene rings is 1. The summed E-state index contributed by atoms with van der Waals surface area (Å²) in [6, 6.07) is 4.93. The van der Waals surface area contributed by atoms with Gasteiger partial charge in [0, 0.05) is 25.2 Å². The van der Waals surface area contributed by atoms with Gasteiger partial charge in [-0.05, 0) is 39.4 Å². The normalized spacial score (nSPS) is 12.2. The standard InChI is InChI=1S/C14H22ClFN2/c1-14(2,3)17-8-9-18(4)10-11-6-5-7-12(16)13(11)15/h5-7,17H,8-10H2,1-4H3. The molecule has 0 amide bonds. The van der Waals surface area contributed by atoms with Crippen LogP contribution in [-0.4, -0.2) is 30.6 Å². The summed E-state index contributed by atoms with van der Waals surface area (Å²) in [5, 5.41) is 3.65. The monoisotopic (exact) mass is 272 g/mol. The van der Waals surface area contributed by atoms with Crippen LogP contribution in [0.5, 0.6) is 0 Å². The topological polar surface area (TPSA) is 15.3 Å². The Bertz CT molecular complexity index is 388. The quantitative estimate of drug-likeness (QED) is 0.885. The predicted octanol–water partition coefficient (Wildman–Crippen LogP) is 3.30. The fourth-order valence-electron chi connectivity index (χ4n) is 1.66. The zero-order chi connectivity index (χ0) is 13.8. The molecule has 0 bridgehead atoms. The van der Waals surface area contributed by atoms with Crippen LogP contribution in [-0.2, 0) is 6.54 Å². The van der Waals surface area contributed by atoms with E-state index in [2.05, 4.69) is 31.0 Å². The van der Waals surface area contributed by atoms with Crippen LogP contribution in [0, 0.1) is 5.82 Å². The summed E-state index contributed by atoms with van der Waals surface area (Å²) in [5.41, 5.74) is 0.951. The molecule has 18 heavy (non-hydrogen) atoms. The fourth-order valence-corrected chi connectivity index (χ4v) is 1.85. The number of rotatable bonds is 5. The maximum Gasteiger partial charge on any atom is 0.142 e. The Morgan fingerprint density at radius 2 is 2.00 bits per heavy atom.